The lowest BCUT2D eigenvalue weighted by atomic mass is 9.75. The molecule has 3 fully saturated rings. The molecular weight excluding hydrogens is 338 g/mol. The number of carbonyl (C=O) groups is 2. The Morgan fingerprint density at radius 3 is 2.33 bits per heavy atom. The molecule has 2 atom stereocenters. The van der Waals surface area contributed by atoms with Crippen LogP contribution < -0.4 is 4.90 Å². The summed E-state index contributed by atoms with van der Waals surface area (Å²) in [5.74, 6) is 2.03. The smallest absolute Gasteiger partial charge is 0.277 e. The molecule has 1 saturated carbocycles. The number of nitrogens with one attached hydrogen (secondary N) is 1. The normalized spacial score (nSPS) is 26.5. The number of hydrogen-bond acceptors (Lipinski definition) is 2. The van der Waals surface area contributed by atoms with Gasteiger partial charge in [0.2, 0.25) is 0 Å². The largest absolute Gasteiger partial charge is 0.338 e. The van der Waals surface area contributed by atoms with Crippen LogP contribution in [-0.2, 0) is 4.79 Å². The molecule has 5 nitrogen and oxygen atoms in total. The minimum Gasteiger partial charge on any atom is -0.338 e. The van der Waals surface area contributed by atoms with Crippen molar-refractivity contribution in [2.24, 2.45) is 11.8 Å². The lowest BCUT2D eigenvalue weighted by Crippen LogP contribution is -3.15. The molecular formula is C22H32N3O2+. The fraction of sp³-hybridized carbons (Fsp3) is 0.636. The minimum absolute atomic E-state index is 0.111. The number of quaternary nitrogens is 1. The summed E-state index contributed by atoms with van der Waals surface area (Å²) in [5, 5.41) is 0. The topological polar surface area (TPSA) is 45.1 Å². The maximum atomic E-state index is 12.8. The van der Waals surface area contributed by atoms with Crippen LogP contribution in [0.5, 0.6) is 0 Å². The Bertz CT molecular complexity index is 655. The summed E-state index contributed by atoms with van der Waals surface area (Å²) in [4.78, 5) is 30.7. The van der Waals surface area contributed by atoms with Gasteiger partial charge in [0.05, 0.1) is 26.2 Å². The van der Waals surface area contributed by atoms with Gasteiger partial charge in [-0.1, -0.05) is 37.5 Å². The van der Waals surface area contributed by atoms with Gasteiger partial charge in [-0.25, -0.2) is 0 Å². The average Bonchev–Trinajstić information content (AvgIpc) is 2.74. The number of amides is 2. The first-order chi connectivity index (χ1) is 13.2. The Morgan fingerprint density at radius 2 is 1.59 bits per heavy atom. The number of piperazine rings is 1. The maximum Gasteiger partial charge on any atom is 0.277 e. The van der Waals surface area contributed by atoms with Gasteiger partial charge in [-0.3, -0.25) is 9.59 Å². The number of likely N-dealkylation sites (tertiary alicyclic amines) is 1. The van der Waals surface area contributed by atoms with Crippen LogP contribution in [-0.4, -0.2) is 67.4 Å². The molecule has 3 aliphatic rings. The van der Waals surface area contributed by atoms with Crippen LogP contribution in [0.3, 0.4) is 0 Å². The van der Waals surface area contributed by atoms with Gasteiger partial charge >= 0.3 is 0 Å². The van der Waals surface area contributed by atoms with Crippen molar-refractivity contribution in [3.63, 3.8) is 0 Å². The second-order valence-corrected chi connectivity index (χ2v) is 8.52. The van der Waals surface area contributed by atoms with Crippen LogP contribution in [0, 0.1) is 11.8 Å². The Kier molecular flexibility index (Phi) is 5.77. The predicted molar refractivity (Wildman–Crippen MR) is 105 cm³/mol. The quantitative estimate of drug-likeness (QED) is 0.865. The van der Waals surface area contributed by atoms with E-state index in [1.807, 2.05) is 35.2 Å². The number of fused-ring (bicyclic) bond motifs is 1. The van der Waals surface area contributed by atoms with E-state index in [0.29, 0.717) is 12.5 Å². The Morgan fingerprint density at radius 1 is 0.889 bits per heavy atom. The molecule has 1 aromatic carbocycles. The molecule has 0 spiro atoms. The minimum atomic E-state index is 0.111. The third kappa shape index (κ3) is 4.34. The lowest BCUT2D eigenvalue weighted by molar-refractivity contribution is -0.896. The van der Waals surface area contributed by atoms with Crippen molar-refractivity contribution in [2.45, 2.75) is 32.1 Å². The van der Waals surface area contributed by atoms with Crippen LogP contribution in [0.1, 0.15) is 42.5 Å². The van der Waals surface area contributed by atoms with Crippen molar-refractivity contribution in [2.75, 3.05) is 45.8 Å². The highest BCUT2D eigenvalue weighted by atomic mass is 16.2. The van der Waals surface area contributed by atoms with Crippen molar-refractivity contribution in [1.82, 2.24) is 9.80 Å². The van der Waals surface area contributed by atoms with E-state index in [2.05, 4.69) is 4.90 Å². The Hall–Kier alpha value is -1.88. The van der Waals surface area contributed by atoms with Crippen LogP contribution >= 0.6 is 0 Å². The SMILES string of the molecule is O=C(C[NH+]1CCN(C(=O)c2ccccc2)CC1)N1CC[C@@H]2CCCC[C@H]2C1. The second kappa shape index (κ2) is 8.42. The predicted octanol–water partition coefficient (Wildman–Crippen LogP) is 1.07. The van der Waals surface area contributed by atoms with Gasteiger partial charge < -0.3 is 14.7 Å². The van der Waals surface area contributed by atoms with Crippen molar-refractivity contribution in [3.05, 3.63) is 35.9 Å². The van der Waals surface area contributed by atoms with E-state index >= 15 is 0 Å². The van der Waals surface area contributed by atoms with Gasteiger partial charge in [-0.2, -0.15) is 0 Å². The third-order valence-electron chi connectivity index (χ3n) is 6.82. The molecule has 2 saturated heterocycles. The van der Waals surface area contributed by atoms with Gasteiger partial charge in [0.15, 0.2) is 6.54 Å². The second-order valence-electron chi connectivity index (χ2n) is 8.52. The van der Waals surface area contributed by atoms with Crippen LogP contribution in [0.25, 0.3) is 0 Å². The van der Waals surface area contributed by atoms with Crippen LogP contribution in [0.2, 0.25) is 0 Å². The van der Waals surface area contributed by atoms with E-state index in [4.69, 9.17) is 0 Å². The molecule has 5 heteroatoms. The van der Waals surface area contributed by atoms with Gasteiger partial charge in [0.25, 0.3) is 11.8 Å². The summed E-state index contributed by atoms with van der Waals surface area (Å²) in [6.07, 6.45) is 6.60. The van der Waals surface area contributed by atoms with E-state index in [-0.39, 0.29) is 5.91 Å². The van der Waals surface area contributed by atoms with Crippen molar-refractivity contribution in [3.8, 4) is 0 Å². The third-order valence-corrected chi connectivity index (χ3v) is 6.82. The zero-order valence-electron chi connectivity index (χ0n) is 16.2. The van der Waals surface area contributed by atoms with Crippen molar-refractivity contribution >= 4 is 11.8 Å². The molecule has 1 N–H and O–H groups in total. The first kappa shape index (κ1) is 18.5. The van der Waals surface area contributed by atoms with Gasteiger partial charge in [-0.05, 0) is 36.8 Å². The number of piperidine rings is 1. The number of nitrogens with zero attached hydrogens (tertiary/aromatic N) is 2. The maximum absolute atomic E-state index is 12.8. The standard InChI is InChI=1S/C22H31N3O2/c26-21(25-11-10-18-6-4-5-9-20(18)16-25)17-23-12-14-24(15-13-23)22(27)19-7-2-1-3-8-19/h1-3,7-8,18,20H,4-6,9-17H2/p+1/t18-,20-/m0/s1. The van der Waals surface area contributed by atoms with E-state index in [1.165, 1.54) is 37.0 Å². The number of benzene rings is 1. The molecule has 4 rings (SSSR count). The highest BCUT2D eigenvalue weighted by molar-refractivity contribution is 5.94. The van der Waals surface area contributed by atoms with Crippen molar-refractivity contribution in [1.29, 1.82) is 0 Å². The zero-order valence-corrected chi connectivity index (χ0v) is 16.2. The number of rotatable bonds is 3. The zero-order chi connectivity index (χ0) is 18.6. The summed E-state index contributed by atoms with van der Waals surface area (Å²) in [5.41, 5.74) is 0.757. The monoisotopic (exact) mass is 370 g/mol. The Labute approximate surface area is 162 Å². The molecule has 1 aliphatic carbocycles. The number of carbonyl (C=O) groups excluding carboxylic acids is 2. The van der Waals surface area contributed by atoms with E-state index in [9.17, 15) is 9.59 Å². The summed E-state index contributed by atoms with van der Waals surface area (Å²) in [6, 6.07) is 9.49. The summed E-state index contributed by atoms with van der Waals surface area (Å²) in [6.45, 7) is 5.72. The van der Waals surface area contributed by atoms with Gasteiger partial charge in [0.1, 0.15) is 0 Å². The van der Waals surface area contributed by atoms with Gasteiger partial charge in [0, 0.05) is 18.7 Å². The lowest BCUT2D eigenvalue weighted by Gasteiger charge is -2.41. The molecule has 2 heterocycles. The first-order valence-electron chi connectivity index (χ1n) is 10.7. The van der Waals surface area contributed by atoms with Crippen molar-refractivity contribution < 1.29 is 14.5 Å². The van der Waals surface area contributed by atoms with Crippen LogP contribution in [0.15, 0.2) is 30.3 Å². The fourth-order valence-corrected chi connectivity index (χ4v) is 5.12. The molecule has 0 bridgehead atoms. The summed E-state index contributed by atoms with van der Waals surface area (Å²) < 4.78 is 0. The van der Waals surface area contributed by atoms with E-state index in [1.54, 1.807) is 0 Å². The first-order valence-corrected chi connectivity index (χ1v) is 10.7. The summed E-state index contributed by atoms with van der Waals surface area (Å²) in [7, 11) is 0. The molecule has 0 aromatic heterocycles. The van der Waals surface area contributed by atoms with Crippen LogP contribution in [0.4, 0.5) is 0 Å². The molecule has 27 heavy (non-hydrogen) atoms. The highest BCUT2D eigenvalue weighted by Gasteiger charge is 2.34. The molecule has 1 aromatic rings. The number of hydrogen-bond donors (Lipinski definition) is 1. The Balaban J connectivity index is 1.24. The molecule has 2 aliphatic heterocycles. The van der Waals surface area contributed by atoms with E-state index < -0.39 is 0 Å². The van der Waals surface area contributed by atoms with E-state index in [0.717, 1.165) is 56.7 Å². The van der Waals surface area contributed by atoms with Gasteiger partial charge in [-0.15, -0.1) is 0 Å². The highest BCUT2D eigenvalue weighted by Crippen LogP contribution is 2.35. The molecule has 146 valence electrons. The molecule has 0 radical (unpaired) electrons. The fourth-order valence-electron chi connectivity index (χ4n) is 5.12. The molecule has 2 amide bonds. The molecule has 0 unspecified atom stereocenters. The average molecular weight is 371 g/mol. The summed E-state index contributed by atoms with van der Waals surface area (Å²) >= 11 is 0.